The van der Waals surface area contributed by atoms with Gasteiger partial charge in [0.2, 0.25) is 0 Å². The van der Waals surface area contributed by atoms with Crippen LogP contribution in [0.5, 0.6) is 0 Å². The van der Waals surface area contributed by atoms with Crippen LogP contribution in [0.4, 0.5) is 0 Å². The molecule has 0 amide bonds. The highest BCUT2D eigenvalue weighted by Gasteiger charge is 2.02. The summed E-state index contributed by atoms with van der Waals surface area (Å²) in [5.41, 5.74) is 3.20. The number of aryl methyl sites for hydroxylation is 2. The molecule has 2 nitrogen and oxygen atoms in total. The second kappa shape index (κ2) is 3.28. The molecule has 1 aromatic heterocycles. The van der Waals surface area contributed by atoms with Gasteiger partial charge in [0.15, 0.2) is 0 Å². The zero-order valence-corrected chi connectivity index (χ0v) is 7.82. The van der Waals surface area contributed by atoms with Crippen LogP contribution in [0.3, 0.4) is 0 Å². The van der Waals surface area contributed by atoms with E-state index in [2.05, 4.69) is 5.10 Å². The van der Waals surface area contributed by atoms with Crippen molar-refractivity contribution < 1.29 is 0 Å². The van der Waals surface area contributed by atoms with Crippen LogP contribution < -0.4 is 0 Å². The van der Waals surface area contributed by atoms with Crippen LogP contribution in [0, 0.1) is 13.8 Å². The molecule has 0 saturated carbocycles. The number of hydrogen-bond donors (Lipinski definition) is 0. The van der Waals surface area contributed by atoms with Gasteiger partial charge in [-0.25, -0.2) is 4.68 Å². The van der Waals surface area contributed by atoms with Crippen LogP contribution in [-0.4, -0.2) is 9.78 Å². The Kier molecular flexibility index (Phi) is 2.58. The highest BCUT2D eigenvalue weighted by molar-refractivity contribution is 6.49. The van der Waals surface area contributed by atoms with Crippen molar-refractivity contribution in [2.75, 3.05) is 0 Å². The van der Waals surface area contributed by atoms with Gasteiger partial charge in [0.1, 0.15) is 5.16 Å². The van der Waals surface area contributed by atoms with Gasteiger partial charge in [-0.05, 0) is 19.9 Å². The lowest BCUT2D eigenvalue weighted by Crippen LogP contribution is -1.95. The summed E-state index contributed by atoms with van der Waals surface area (Å²) < 4.78 is 1.59. The summed E-state index contributed by atoms with van der Waals surface area (Å²) in [6, 6.07) is 1.93. The Balaban J connectivity index is 3.13. The molecule has 0 saturated heterocycles. The van der Waals surface area contributed by atoms with Crippen molar-refractivity contribution in [3.8, 4) is 0 Å². The number of aromatic nitrogens is 2. The summed E-state index contributed by atoms with van der Waals surface area (Å²) in [5.74, 6) is 0. The highest BCUT2D eigenvalue weighted by atomic mass is 35.5. The van der Waals surface area contributed by atoms with E-state index >= 15 is 0 Å². The first kappa shape index (κ1) is 8.62. The van der Waals surface area contributed by atoms with Crippen molar-refractivity contribution in [3.63, 3.8) is 0 Å². The van der Waals surface area contributed by atoms with Gasteiger partial charge in [-0.2, -0.15) is 5.10 Å². The molecule has 0 aliphatic heterocycles. The lowest BCUT2D eigenvalue weighted by atomic mass is 10.4. The summed E-state index contributed by atoms with van der Waals surface area (Å²) in [5, 5.41) is 4.53. The van der Waals surface area contributed by atoms with E-state index in [4.69, 9.17) is 23.2 Å². The normalized spacial score (nSPS) is 12.2. The molecule has 1 heterocycles. The van der Waals surface area contributed by atoms with Crippen LogP contribution in [-0.2, 0) is 0 Å². The van der Waals surface area contributed by atoms with Crippen LogP contribution >= 0.6 is 23.2 Å². The molecule has 0 aliphatic rings. The summed E-state index contributed by atoms with van der Waals surface area (Å²) >= 11 is 11.2. The van der Waals surface area contributed by atoms with Crippen molar-refractivity contribution in [1.82, 2.24) is 9.78 Å². The van der Waals surface area contributed by atoms with E-state index in [-0.39, 0.29) is 0 Å². The molecule has 0 unspecified atom stereocenters. The van der Waals surface area contributed by atoms with Crippen LogP contribution in [0.25, 0.3) is 5.16 Å². The van der Waals surface area contributed by atoms with E-state index in [0.717, 1.165) is 11.4 Å². The minimum absolute atomic E-state index is 0.414. The largest absolute Gasteiger partial charge is 0.225 e. The summed E-state index contributed by atoms with van der Waals surface area (Å²) in [4.78, 5) is 0. The number of halogens is 2. The Bertz CT molecular complexity index is 289. The Morgan fingerprint density at radius 3 is 2.64 bits per heavy atom. The fraction of sp³-hybridized carbons (Fsp3) is 0.286. The fourth-order valence-electron chi connectivity index (χ4n) is 0.891. The van der Waals surface area contributed by atoms with Gasteiger partial charge in [0, 0.05) is 11.2 Å². The number of nitrogens with zero attached hydrogens (tertiary/aromatic N) is 2. The quantitative estimate of drug-likeness (QED) is 0.667. The Hall–Kier alpha value is -0.470. The minimum atomic E-state index is 0.414. The molecule has 0 bridgehead atoms. The molecule has 1 rings (SSSR count). The maximum Gasteiger partial charge on any atom is 0.142 e. The molecule has 0 fully saturated rings. The third kappa shape index (κ3) is 1.76. The van der Waals surface area contributed by atoms with Gasteiger partial charge >= 0.3 is 0 Å². The zero-order chi connectivity index (χ0) is 8.43. The summed E-state index contributed by atoms with van der Waals surface area (Å²) in [6.07, 6.45) is 0. The lowest BCUT2D eigenvalue weighted by Gasteiger charge is -1.98. The molecular weight excluding hydrogens is 183 g/mol. The molecule has 0 aromatic carbocycles. The van der Waals surface area contributed by atoms with E-state index in [0.29, 0.717) is 5.16 Å². The standard InChI is InChI=1S/C7H8Cl2N2/c1-5-3-6(2)11(10-5)7(9)4-8/h3-4H,1-2H3/b7-4+. The first-order valence-electron chi connectivity index (χ1n) is 3.14. The van der Waals surface area contributed by atoms with Crippen LogP contribution in [0.1, 0.15) is 11.4 Å². The average Bonchev–Trinajstić information content (AvgIpc) is 2.28. The molecule has 0 N–H and O–H groups in total. The molecule has 60 valence electrons. The van der Waals surface area contributed by atoms with Crippen LogP contribution in [0.2, 0.25) is 0 Å². The SMILES string of the molecule is Cc1cc(C)n(/C(Cl)=C/Cl)n1. The molecule has 0 atom stereocenters. The first-order valence-corrected chi connectivity index (χ1v) is 3.96. The topological polar surface area (TPSA) is 17.8 Å². The Morgan fingerprint density at radius 1 is 1.64 bits per heavy atom. The molecule has 0 radical (unpaired) electrons. The third-order valence-electron chi connectivity index (χ3n) is 1.30. The van der Waals surface area contributed by atoms with Gasteiger partial charge in [-0.15, -0.1) is 0 Å². The second-order valence-electron chi connectivity index (χ2n) is 2.27. The molecule has 0 aliphatic carbocycles. The van der Waals surface area contributed by atoms with Crippen LogP contribution in [0.15, 0.2) is 11.6 Å². The lowest BCUT2D eigenvalue weighted by molar-refractivity contribution is 0.872. The van der Waals surface area contributed by atoms with E-state index in [1.807, 2.05) is 19.9 Å². The van der Waals surface area contributed by atoms with Gasteiger partial charge in [0.25, 0.3) is 0 Å². The predicted octanol–water partition coefficient (Wildman–Crippen LogP) is 2.73. The second-order valence-corrected chi connectivity index (χ2v) is 2.88. The average molecular weight is 191 g/mol. The van der Waals surface area contributed by atoms with Gasteiger partial charge in [-0.3, -0.25) is 0 Å². The maximum atomic E-state index is 5.74. The Morgan fingerprint density at radius 2 is 2.27 bits per heavy atom. The van der Waals surface area contributed by atoms with Crippen molar-refractivity contribution in [2.45, 2.75) is 13.8 Å². The van der Waals surface area contributed by atoms with Gasteiger partial charge < -0.3 is 0 Å². The maximum absolute atomic E-state index is 5.74. The summed E-state index contributed by atoms with van der Waals surface area (Å²) in [6.45, 7) is 3.82. The predicted molar refractivity (Wildman–Crippen MR) is 47.7 cm³/mol. The smallest absolute Gasteiger partial charge is 0.142 e. The van der Waals surface area contributed by atoms with Crippen molar-refractivity contribution >= 4 is 28.4 Å². The number of rotatable bonds is 1. The zero-order valence-electron chi connectivity index (χ0n) is 6.31. The van der Waals surface area contributed by atoms with E-state index in [1.54, 1.807) is 4.68 Å². The van der Waals surface area contributed by atoms with Gasteiger partial charge in [0.05, 0.1) is 5.69 Å². The molecular formula is C7H8Cl2N2. The minimum Gasteiger partial charge on any atom is -0.225 e. The number of hydrogen-bond acceptors (Lipinski definition) is 1. The van der Waals surface area contributed by atoms with E-state index in [9.17, 15) is 0 Å². The molecule has 0 spiro atoms. The molecule has 11 heavy (non-hydrogen) atoms. The molecule has 4 heteroatoms. The fourth-order valence-corrected chi connectivity index (χ4v) is 1.15. The van der Waals surface area contributed by atoms with Gasteiger partial charge in [-0.1, -0.05) is 23.2 Å². The molecule has 1 aromatic rings. The first-order chi connectivity index (χ1) is 5.15. The Labute approximate surface area is 75.4 Å². The highest BCUT2D eigenvalue weighted by Crippen LogP contribution is 2.14. The van der Waals surface area contributed by atoms with Crippen molar-refractivity contribution in [2.24, 2.45) is 0 Å². The van der Waals surface area contributed by atoms with E-state index < -0.39 is 0 Å². The monoisotopic (exact) mass is 190 g/mol. The third-order valence-corrected chi connectivity index (χ3v) is 1.89. The van der Waals surface area contributed by atoms with E-state index in [1.165, 1.54) is 5.54 Å². The van der Waals surface area contributed by atoms with Crippen molar-refractivity contribution in [3.05, 3.63) is 23.0 Å². The summed E-state index contributed by atoms with van der Waals surface area (Å²) in [7, 11) is 0. The van der Waals surface area contributed by atoms with Crippen molar-refractivity contribution in [1.29, 1.82) is 0 Å².